The second-order valence-corrected chi connectivity index (χ2v) is 6.06. The van der Waals surface area contributed by atoms with Gasteiger partial charge >= 0.3 is 0 Å². The van der Waals surface area contributed by atoms with E-state index in [0.29, 0.717) is 6.54 Å². The molecule has 0 aliphatic carbocycles. The zero-order valence-corrected chi connectivity index (χ0v) is 18.1. The van der Waals surface area contributed by atoms with Crippen molar-refractivity contribution in [1.29, 1.82) is 0 Å². The summed E-state index contributed by atoms with van der Waals surface area (Å²) in [4.78, 5) is 4.27. The lowest BCUT2D eigenvalue weighted by Gasteiger charge is -2.12. The van der Waals surface area contributed by atoms with Crippen molar-refractivity contribution in [2.45, 2.75) is 39.8 Å². The van der Waals surface area contributed by atoms with E-state index in [9.17, 15) is 0 Å². The van der Waals surface area contributed by atoms with Gasteiger partial charge in [-0.2, -0.15) is 0 Å². The number of nitrogens with zero attached hydrogens (tertiary/aromatic N) is 2. The van der Waals surface area contributed by atoms with Gasteiger partial charge in [0.1, 0.15) is 5.76 Å². The number of rotatable bonds is 6. The molecule has 0 bridgehead atoms. The number of aromatic nitrogens is 1. The summed E-state index contributed by atoms with van der Waals surface area (Å²) in [6, 6.07) is 8.22. The number of aliphatic imine (C=N–C) groups is 1. The molecule has 5 nitrogen and oxygen atoms in total. The highest BCUT2D eigenvalue weighted by Gasteiger charge is 2.13. The quantitative estimate of drug-likeness (QED) is 0.352. The van der Waals surface area contributed by atoms with Gasteiger partial charge in [0.2, 0.25) is 0 Å². The molecule has 0 spiro atoms. The Morgan fingerprint density at radius 1 is 1.12 bits per heavy atom. The first-order chi connectivity index (χ1) is 11.2. The molecule has 2 rings (SSSR count). The number of guanidine groups is 1. The number of halogens is 2. The average molecular weight is 507 g/mol. The molecule has 0 atom stereocenters. The molecule has 1 aromatic heterocycles. The van der Waals surface area contributed by atoms with E-state index >= 15 is 0 Å². The summed E-state index contributed by atoms with van der Waals surface area (Å²) in [6.45, 7) is 5.54. The van der Waals surface area contributed by atoms with Crippen LogP contribution in [0.5, 0.6) is 0 Å². The van der Waals surface area contributed by atoms with Gasteiger partial charge < -0.3 is 15.2 Å². The first kappa shape index (κ1) is 21.0. The van der Waals surface area contributed by atoms with Crippen LogP contribution in [0.4, 0.5) is 0 Å². The molecule has 1 aromatic carbocycles. The summed E-state index contributed by atoms with van der Waals surface area (Å²) in [6.07, 6.45) is 1.71. The maximum atomic E-state index is 5.39. The molecule has 0 radical (unpaired) electrons. The van der Waals surface area contributed by atoms with Crippen molar-refractivity contribution in [2.75, 3.05) is 7.05 Å². The average Bonchev–Trinajstić information content (AvgIpc) is 2.98. The second-order valence-electron chi connectivity index (χ2n) is 5.14. The summed E-state index contributed by atoms with van der Waals surface area (Å²) >= 11 is 3.44. The zero-order valence-electron chi connectivity index (χ0n) is 14.2. The summed E-state index contributed by atoms with van der Waals surface area (Å²) in [5, 5.41) is 10.8. The van der Waals surface area contributed by atoms with Crippen LogP contribution in [0.15, 0.2) is 38.3 Å². The van der Waals surface area contributed by atoms with Crippen LogP contribution in [0.3, 0.4) is 0 Å². The lowest BCUT2D eigenvalue weighted by atomic mass is 10.1. The summed E-state index contributed by atoms with van der Waals surface area (Å²) in [5.74, 6) is 1.70. The lowest BCUT2D eigenvalue weighted by molar-refractivity contribution is 0.380. The molecule has 0 aliphatic rings. The van der Waals surface area contributed by atoms with Gasteiger partial charge in [-0.25, -0.2) is 0 Å². The smallest absolute Gasteiger partial charge is 0.191 e. The molecule has 2 aromatic rings. The zero-order chi connectivity index (χ0) is 16.7. The van der Waals surface area contributed by atoms with Crippen LogP contribution >= 0.6 is 39.9 Å². The Morgan fingerprint density at radius 3 is 2.38 bits per heavy atom. The molecule has 2 N–H and O–H groups in total. The van der Waals surface area contributed by atoms with Crippen LogP contribution in [0.2, 0.25) is 0 Å². The van der Waals surface area contributed by atoms with Gasteiger partial charge in [0, 0.05) is 36.6 Å². The molecule has 0 amide bonds. The molecule has 7 heteroatoms. The summed E-state index contributed by atoms with van der Waals surface area (Å²) in [7, 11) is 1.77. The Kier molecular flexibility index (Phi) is 9.35. The number of benzene rings is 1. The Bertz CT molecular complexity index is 634. The van der Waals surface area contributed by atoms with Crippen molar-refractivity contribution in [3.8, 4) is 0 Å². The third-order valence-electron chi connectivity index (χ3n) is 3.64. The van der Waals surface area contributed by atoms with E-state index in [2.05, 4.69) is 62.7 Å². The molecular formula is C17H24BrIN4O. The van der Waals surface area contributed by atoms with Gasteiger partial charge in [-0.15, -0.1) is 24.0 Å². The van der Waals surface area contributed by atoms with Gasteiger partial charge in [-0.3, -0.25) is 4.99 Å². The fourth-order valence-electron chi connectivity index (χ4n) is 2.32. The molecule has 0 saturated carbocycles. The normalized spacial score (nSPS) is 11.1. The maximum absolute atomic E-state index is 5.39. The van der Waals surface area contributed by atoms with E-state index in [1.54, 1.807) is 7.05 Å². The standard InChI is InChI=1S/C17H23BrN4O.HI/c1-4-15-14(16(5-2)23-22-15)11-21-17(19-3)20-10-12-6-8-13(18)9-7-12;/h6-9H,4-5,10-11H2,1-3H3,(H2,19,20,21);1H. The van der Waals surface area contributed by atoms with E-state index in [-0.39, 0.29) is 24.0 Å². The topological polar surface area (TPSA) is 62.5 Å². The van der Waals surface area contributed by atoms with Crippen molar-refractivity contribution >= 4 is 45.9 Å². The third kappa shape index (κ3) is 5.77. The van der Waals surface area contributed by atoms with E-state index in [1.165, 1.54) is 5.56 Å². The molecular weight excluding hydrogens is 483 g/mol. The highest BCUT2D eigenvalue weighted by atomic mass is 127. The molecule has 0 aliphatic heterocycles. The van der Waals surface area contributed by atoms with Gasteiger partial charge in [0.05, 0.1) is 5.69 Å². The van der Waals surface area contributed by atoms with Crippen LogP contribution in [0.25, 0.3) is 0 Å². The predicted octanol–water partition coefficient (Wildman–Crippen LogP) is 4.05. The van der Waals surface area contributed by atoms with Crippen LogP contribution in [-0.2, 0) is 25.9 Å². The number of aryl methyl sites for hydroxylation is 2. The fraction of sp³-hybridized carbons (Fsp3) is 0.412. The molecule has 0 unspecified atom stereocenters. The summed E-state index contributed by atoms with van der Waals surface area (Å²) in [5.41, 5.74) is 3.35. The highest BCUT2D eigenvalue weighted by Crippen LogP contribution is 2.15. The van der Waals surface area contributed by atoms with E-state index in [4.69, 9.17) is 4.52 Å². The maximum Gasteiger partial charge on any atom is 0.191 e. The van der Waals surface area contributed by atoms with Crippen molar-refractivity contribution in [3.63, 3.8) is 0 Å². The van der Waals surface area contributed by atoms with Crippen molar-refractivity contribution in [1.82, 2.24) is 15.8 Å². The van der Waals surface area contributed by atoms with Crippen LogP contribution in [0, 0.1) is 0 Å². The second kappa shape index (κ2) is 10.7. The SMILES string of the molecule is CCc1noc(CC)c1CNC(=NC)NCc1ccc(Br)cc1.I. The number of hydrogen-bond acceptors (Lipinski definition) is 3. The molecule has 0 fully saturated rings. The van der Waals surface area contributed by atoms with Crippen molar-refractivity contribution < 1.29 is 4.52 Å². The summed E-state index contributed by atoms with van der Waals surface area (Å²) < 4.78 is 6.47. The fourth-order valence-corrected chi connectivity index (χ4v) is 2.58. The van der Waals surface area contributed by atoms with Gasteiger partial charge in [0.25, 0.3) is 0 Å². The van der Waals surface area contributed by atoms with E-state index in [1.807, 2.05) is 12.1 Å². The van der Waals surface area contributed by atoms with Crippen LogP contribution in [-0.4, -0.2) is 18.2 Å². The first-order valence-electron chi connectivity index (χ1n) is 7.83. The first-order valence-corrected chi connectivity index (χ1v) is 8.62. The minimum absolute atomic E-state index is 0. The number of nitrogens with one attached hydrogen (secondary N) is 2. The molecule has 0 saturated heterocycles. The minimum atomic E-state index is 0. The van der Waals surface area contributed by atoms with Gasteiger partial charge in [-0.05, 0) is 24.1 Å². The highest BCUT2D eigenvalue weighted by molar-refractivity contribution is 14.0. The molecule has 132 valence electrons. The van der Waals surface area contributed by atoms with Gasteiger partial charge in [0.15, 0.2) is 5.96 Å². The molecule has 1 heterocycles. The van der Waals surface area contributed by atoms with Crippen molar-refractivity contribution in [3.05, 3.63) is 51.3 Å². The van der Waals surface area contributed by atoms with Crippen LogP contribution < -0.4 is 10.6 Å². The van der Waals surface area contributed by atoms with E-state index in [0.717, 1.165) is 46.8 Å². The van der Waals surface area contributed by atoms with E-state index < -0.39 is 0 Å². The third-order valence-corrected chi connectivity index (χ3v) is 4.17. The Balaban J connectivity index is 0.00000288. The Hall–Kier alpha value is -1.09. The number of hydrogen-bond donors (Lipinski definition) is 2. The minimum Gasteiger partial charge on any atom is -0.361 e. The van der Waals surface area contributed by atoms with Gasteiger partial charge in [-0.1, -0.05) is 47.1 Å². The predicted molar refractivity (Wildman–Crippen MR) is 112 cm³/mol. The Labute approximate surface area is 168 Å². The van der Waals surface area contributed by atoms with Crippen LogP contribution in [0.1, 0.15) is 36.4 Å². The lowest BCUT2D eigenvalue weighted by Crippen LogP contribution is -2.36. The largest absolute Gasteiger partial charge is 0.361 e. The monoisotopic (exact) mass is 506 g/mol. The van der Waals surface area contributed by atoms with Crippen molar-refractivity contribution in [2.24, 2.45) is 4.99 Å². The molecule has 24 heavy (non-hydrogen) atoms. The Morgan fingerprint density at radius 2 is 1.79 bits per heavy atom.